The van der Waals surface area contributed by atoms with Crippen LogP contribution >= 0.6 is 0 Å². The molecule has 3 rings (SSSR count). The van der Waals surface area contributed by atoms with Crippen molar-refractivity contribution in [3.05, 3.63) is 0 Å². The van der Waals surface area contributed by atoms with E-state index in [0.29, 0.717) is 17.5 Å². The predicted molar refractivity (Wildman–Crippen MR) is 83.0 cm³/mol. The van der Waals surface area contributed by atoms with E-state index in [9.17, 15) is 0 Å². The van der Waals surface area contributed by atoms with Gasteiger partial charge in [0.05, 0.1) is 6.61 Å². The maximum Gasteiger partial charge on any atom is 0.0618 e. The van der Waals surface area contributed by atoms with Gasteiger partial charge in [-0.05, 0) is 70.4 Å². The van der Waals surface area contributed by atoms with Crippen LogP contribution < -0.4 is 0 Å². The van der Waals surface area contributed by atoms with Gasteiger partial charge in [0.15, 0.2) is 0 Å². The lowest BCUT2D eigenvalue weighted by molar-refractivity contribution is 0.0922. The molecule has 20 heavy (non-hydrogen) atoms. The van der Waals surface area contributed by atoms with E-state index in [2.05, 4.69) is 23.6 Å². The predicted octanol–water partition coefficient (Wildman–Crippen LogP) is 2.61. The first kappa shape index (κ1) is 14.8. The summed E-state index contributed by atoms with van der Waals surface area (Å²) in [5.74, 6) is 1.04. The Kier molecular flexibility index (Phi) is 4.40. The Morgan fingerprint density at radius 3 is 2.45 bits per heavy atom. The first-order valence-electron chi connectivity index (χ1n) is 8.59. The fourth-order valence-electron chi connectivity index (χ4n) is 4.39. The van der Waals surface area contributed by atoms with E-state index in [1.165, 1.54) is 58.3 Å². The first-order valence-corrected chi connectivity index (χ1v) is 8.59. The summed E-state index contributed by atoms with van der Waals surface area (Å²) in [6.45, 7) is 10.9. The van der Waals surface area contributed by atoms with Crippen molar-refractivity contribution < 1.29 is 4.74 Å². The van der Waals surface area contributed by atoms with Gasteiger partial charge in [0, 0.05) is 32.3 Å². The minimum Gasteiger partial charge on any atom is -0.383 e. The first-order chi connectivity index (χ1) is 9.62. The van der Waals surface area contributed by atoms with Gasteiger partial charge in [-0.2, -0.15) is 0 Å². The van der Waals surface area contributed by atoms with Gasteiger partial charge in [-0.15, -0.1) is 0 Å². The van der Waals surface area contributed by atoms with E-state index >= 15 is 0 Å². The van der Waals surface area contributed by atoms with Crippen molar-refractivity contribution in [2.45, 2.75) is 58.0 Å². The molecule has 116 valence electrons. The molecule has 0 unspecified atom stereocenters. The molecule has 1 atom stereocenters. The number of methoxy groups -OCH3 is 1. The molecule has 3 aliphatic rings. The molecule has 0 radical (unpaired) electrons. The topological polar surface area (TPSA) is 15.7 Å². The summed E-state index contributed by atoms with van der Waals surface area (Å²) >= 11 is 0. The zero-order chi connectivity index (χ0) is 14.2. The highest BCUT2D eigenvalue weighted by Gasteiger charge is 2.46. The number of hydrogen-bond acceptors (Lipinski definition) is 3. The largest absolute Gasteiger partial charge is 0.383 e. The maximum atomic E-state index is 5.47. The summed E-state index contributed by atoms with van der Waals surface area (Å²) in [6, 6.07) is 1.30. The molecule has 0 N–H and O–H groups in total. The van der Waals surface area contributed by atoms with Gasteiger partial charge < -0.3 is 9.64 Å². The second-order valence-corrected chi connectivity index (χ2v) is 7.82. The normalized spacial score (nSPS) is 31.5. The third-order valence-corrected chi connectivity index (χ3v) is 5.81. The van der Waals surface area contributed by atoms with Crippen molar-refractivity contribution in [1.82, 2.24) is 9.80 Å². The van der Waals surface area contributed by atoms with Gasteiger partial charge >= 0.3 is 0 Å². The standard InChI is InChI=1S/C17H32N2O/c1-14(2)19-13-17(10-16(19)12-20-3)6-8-18(9-7-17)11-15-4-5-15/h14-16H,4-13H2,1-3H3/t16-/m1/s1. The summed E-state index contributed by atoms with van der Waals surface area (Å²) in [7, 11) is 1.85. The number of piperidine rings is 1. The minimum atomic E-state index is 0.591. The van der Waals surface area contributed by atoms with E-state index in [1.54, 1.807) is 0 Å². The van der Waals surface area contributed by atoms with Crippen molar-refractivity contribution in [3.63, 3.8) is 0 Å². The quantitative estimate of drug-likeness (QED) is 0.770. The molecule has 2 saturated heterocycles. The molecule has 0 amide bonds. The van der Waals surface area contributed by atoms with Gasteiger partial charge in [-0.25, -0.2) is 0 Å². The van der Waals surface area contributed by atoms with Crippen LogP contribution in [-0.4, -0.2) is 61.8 Å². The molecular formula is C17H32N2O. The molecule has 3 nitrogen and oxygen atoms in total. The number of rotatable bonds is 5. The molecule has 0 aromatic carbocycles. The number of nitrogens with zero attached hydrogens (tertiary/aromatic N) is 2. The molecule has 1 saturated carbocycles. The Morgan fingerprint density at radius 1 is 1.20 bits per heavy atom. The molecule has 2 aliphatic heterocycles. The second kappa shape index (κ2) is 5.94. The fourth-order valence-corrected chi connectivity index (χ4v) is 4.39. The molecule has 3 heteroatoms. The molecule has 1 aliphatic carbocycles. The van der Waals surface area contributed by atoms with Crippen molar-refractivity contribution in [3.8, 4) is 0 Å². The van der Waals surface area contributed by atoms with Crippen molar-refractivity contribution >= 4 is 0 Å². The van der Waals surface area contributed by atoms with Crippen LogP contribution in [0, 0.1) is 11.3 Å². The Hall–Kier alpha value is -0.120. The summed E-state index contributed by atoms with van der Waals surface area (Å²) in [5.41, 5.74) is 0.591. The van der Waals surface area contributed by atoms with Crippen molar-refractivity contribution in [2.75, 3.05) is 39.9 Å². The number of likely N-dealkylation sites (tertiary alicyclic amines) is 2. The van der Waals surface area contributed by atoms with Crippen LogP contribution in [-0.2, 0) is 4.74 Å². The highest BCUT2D eigenvalue weighted by Crippen LogP contribution is 2.44. The van der Waals surface area contributed by atoms with Gasteiger partial charge in [-0.3, -0.25) is 4.90 Å². The second-order valence-electron chi connectivity index (χ2n) is 7.82. The molecule has 0 bridgehead atoms. The molecule has 3 fully saturated rings. The van der Waals surface area contributed by atoms with Gasteiger partial charge in [0.1, 0.15) is 0 Å². The van der Waals surface area contributed by atoms with Crippen LogP contribution in [0.15, 0.2) is 0 Å². The molecule has 1 spiro atoms. The molecule has 0 aromatic rings. The van der Waals surface area contributed by atoms with Crippen LogP contribution in [0.4, 0.5) is 0 Å². The highest BCUT2D eigenvalue weighted by atomic mass is 16.5. The van der Waals surface area contributed by atoms with Crippen LogP contribution in [0.1, 0.15) is 46.0 Å². The fraction of sp³-hybridized carbons (Fsp3) is 1.00. The maximum absolute atomic E-state index is 5.47. The Bertz CT molecular complexity index is 319. The van der Waals surface area contributed by atoms with Crippen LogP contribution in [0.25, 0.3) is 0 Å². The van der Waals surface area contributed by atoms with Crippen LogP contribution in [0.3, 0.4) is 0 Å². The van der Waals surface area contributed by atoms with E-state index < -0.39 is 0 Å². The zero-order valence-corrected chi connectivity index (χ0v) is 13.6. The third-order valence-electron chi connectivity index (χ3n) is 5.81. The SMILES string of the molecule is COC[C@H]1CC2(CCN(CC3CC3)CC2)CN1C(C)C. The highest BCUT2D eigenvalue weighted by molar-refractivity contribution is 4.99. The average Bonchev–Trinajstić information content (AvgIpc) is 3.16. The number of hydrogen-bond donors (Lipinski definition) is 0. The lowest BCUT2D eigenvalue weighted by Gasteiger charge is -2.39. The van der Waals surface area contributed by atoms with Crippen molar-refractivity contribution in [2.24, 2.45) is 11.3 Å². The average molecular weight is 280 g/mol. The van der Waals surface area contributed by atoms with Crippen LogP contribution in [0.5, 0.6) is 0 Å². The minimum absolute atomic E-state index is 0.591. The Labute approximate surface area is 124 Å². The summed E-state index contributed by atoms with van der Waals surface area (Å²) in [4.78, 5) is 5.42. The van der Waals surface area contributed by atoms with Gasteiger partial charge in [-0.1, -0.05) is 0 Å². The van der Waals surface area contributed by atoms with Crippen molar-refractivity contribution in [1.29, 1.82) is 0 Å². The van der Waals surface area contributed by atoms with Gasteiger partial charge in [0.25, 0.3) is 0 Å². The number of ether oxygens (including phenoxy) is 1. The monoisotopic (exact) mass is 280 g/mol. The van der Waals surface area contributed by atoms with Crippen LogP contribution in [0.2, 0.25) is 0 Å². The summed E-state index contributed by atoms with van der Waals surface area (Å²) < 4.78 is 5.47. The Morgan fingerprint density at radius 2 is 1.90 bits per heavy atom. The molecule has 2 heterocycles. The molecular weight excluding hydrogens is 248 g/mol. The van der Waals surface area contributed by atoms with E-state index in [4.69, 9.17) is 4.74 Å². The summed E-state index contributed by atoms with van der Waals surface area (Å²) in [6.07, 6.45) is 7.14. The lowest BCUT2D eigenvalue weighted by Crippen LogP contribution is -2.43. The third kappa shape index (κ3) is 3.20. The molecule has 0 aromatic heterocycles. The van der Waals surface area contributed by atoms with Gasteiger partial charge in [0.2, 0.25) is 0 Å². The van der Waals surface area contributed by atoms with E-state index in [1.807, 2.05) is 7.11 Å². The lowest BCUT2D eigenvalue weighted by atomic mass is 9.76. The summed E-state index contributed by atoms with van der Waals surface area (Å²) in [5, 5.41) is 0. The van der Waals surface area contributed by atoms with E-state index in [0.717, 1.165) is 12.5 Å². The smallest absolute Gasteiger partial charge is 0.0618 e. The zero-order valence-electron chi connectivity index (χ0n) is 13.6. The Balaban J connectivity index is 1.56. The van der Waals surface area contributed by atoms with E-state index in [-0.39, 0.29) is 0 Å².